The predicted octanol–water partition coefficient (Wildman–Crippen LogP) is 4.50. The van der Waals surface area contributed by atoms with Gasteiger partial charge < -0.3 is 9.47 Å². The smallest absolute Gasteiger partial charge is 0.416 e. The number of hydrogen-bond acceptors (Lipinski definition) is 4. The van der Waals surface area contributed by atoms with Crippen molar-refractivity contribution < 1.29 is 32.2 Å². The number of ether oxygens (including phenoxy) is 2. The van der Waals surface area contributed by atoms with Gasteiger partial charge in [-0.15, -0.1) is 0 Å². The third-order valence-corrected chi connectivity index (χ3v) is 3.50. The summed E-state index contributed by atoms with van der Waals surface area (Å²) in [5.41, 5.74) is -1.27. The number of hydrogen-bond donors (Lipinski definition) is 0. The van der Waals surface area contributed by atoms with Crippen LogP contribution < -0.4 is 0 Å². The second kappa shape index (κ2) is 8.38. The Bertz CT molecular complexity index is 655. The second-order valence-electron chi connectivity index (χ2n) is 6.71. The number of allylic oxidation sites excluding steroid dienone is 2. The topological polar surface area (TPSA) is 52.6 Å². The van der Waals surface area contributed by atoms with E-state index in [9.17, 15) is 22.8 Å². The molecule has 0 unspecified atom stereocenters. The molecule has 7 heteroatoms. The average molecular weight is 372 g/mol. The van der Waals surface area contributed by atoms with E-state index in [2.05, 4.69) is 0 Å². The van der Waals surface area contributed by atoms with Gasteiger partial charge in [0.25, 0.3) is 0 Å². The molecular formula is C19H23F3O4. The van der Waals surface area contributed by atoms with Gasteiger partial charge in [-0.3, -0.25) is 9.59 Å². The molecule has 1 aromatic carbocycles. The van der Waals surface area contributed by atoms with E-state index < -0.39 is 41.1 Å². The maximum absolute atomic E-state index is 12.8. The fourth-order valence-electron chi connectivity index (χ4n) is 2.40. The fraction of sp³-hybridized carbons (Fsp3) is 0.474. The van der Waals surface area contributed by atoms with Crippen molar-refractivity contribution in [3.63, 3.8) is 0 Å². The maximum atomic E-state index is 12.8. The largest absolute Gasteiger partial charge is 0.468 e. The number of carbonyl (C=O) groups excluding carboxylic acids is 2. The van der Waals surface area contributed by atoms with Crippen molar-refractivity contribution in [1.29, 1.82) is 0 Å². The van der Waals surface area contributed by atoms with Crippen LogP contribution in [0.3, 0.4) is 0 Å². The summed E-state index contributed by atoms with van der Waals surface area (Å²) in [6, 6.07) is 4.31. The van der Waals surface area contributed by atoms with E-state index in [0.717, 1.165) is 19.2 Å². The molecule has 0 saturated carbocycles. The summed E-state index contributed by atoms with van der Waals surface area (Å²) in [7, 11) is 1.14. The van der Waals surface area contributed by atoms with Crippen molar-refractivity contribution in [3.05, 3.63) is 47.5 Å². The number of esters is 2. The summed E-state index contributed by atoms with van der Waals surface area (Å²) in [6.07, 6.45) is -1.29. The van der Waals surface area contributed by atoms with E-state index in [1.807, 2.05) is 0 Å². The first-order valence-corrected chi connectivity index (χ1v) is 8.01. The zero-order valence-corrected chi connectivity index (χ0v) is 15.4. The first kappa shape index (κ1) is 21.7. The van der Waals surface area contributed by atoms with Crippen molar-refractivity contribution in [3.8, 4) is 0 Å². The zero-order valence-electron chi connectivity index (χ0n) is 15.4. The number of alkyl halides is 3. The Hall–Kier alpha value is -2.31. The third-order valence-electron chi connectivity index (χ3n) is 3.50. The summed E-state index contributed by atoms with van der Waals surface area (Å²) in [6.45, 7) is 6.65. The number of rotatable bonds is 5. The molecule has 0 bridgehead atoms. The standard InChI is InChI=1S/C19H23F3O4/c1-6-7-14(12-8-10-13(11-9-12)19(20,21)22)15(16(23)25-5)17(24)26-18(2,3)4/h6-11,14-15H,1-5H3/t14-,15+/m1/s1. The van der Waals surface area contributed by atoms with Crippen molar-refractivity contribution in [2.45, 2.75) is 45.4 Å². The average Bonchev–Trinajstić information content (AvgIpc) is 2.51. The van der Waals surface area contributed by atoms with Crippen molar-refractivity contribution in [1.82, 2.24) is 0 Å². The van der Waals surface area contributed by atoms with E-state index in [1.165, 1.54) is 12.1 Å². The van der Waals surface area contributed by atoms with Crippen LogP contribution in [0.1, 0.15) is 44.7 Å². The van der Waals surface area contributed by atoms with Gasteiger partial charge in [0.15, 0.2) is 5.92 Å². The van der Waals surface area contributed by atoms with Crippen molar-refractivity contribution in [2.75, 3.05) is 7.11 Å². The van der Waals surface area contributed by atoms with Crippen LogP contribution in [0.25, 0.3) is 0 Å². The second-order valence-corrected chi connectivity index (χ2v) is 6.71. The molecule has 144 valence electrons. The molecule has 0 aliphatic heterocycles. The molecule has 0 heterocycles. The van der Waals surface area contributed by atoms with Crippen molar-refractivity contribution >= 4 is 11.9 Å². The van der Waals surface area contributed by atoms with Gasteiger partial charge in [-0.1, -0.05) is 24.3 Å². The fourth-order valence-corrected chi connectivity index (χ4v) is 2.40. The normalized spacial score (nSPS) is 14.8. The van der Waals surface area contributed by atoms with Crippen LogP contribution in [-0.2, 0) is 25.2 Å². The van der Waals surface area contributed by atoms with Gasteiger partial charge in [0, 0.05) is 5.92 Å². The van der Waals surface area contributed by atoms with Gasteiger partial charge in [-0.25, -0.2) is 0 Å². The van der Waals surface area contributed by atoms with Crippen LogP contribution in [0.4, 0.5) is 13.2 Å². The Labute approximate surface area is 151 Å². The van der Waals surface area contributed by atoms with E-state index in [1.54, 1.807) is 39.8 Å². The van der Waals surface area contributed by atoms with Crippen molar-refractivity contribution in [2.24, 2.45) is 5.92 Å². The number of methoxy groups -OCH3 is 1. The van der Waals surface area contributed by atoms with Gasteiger partial charge in [0.2, 0.25) is 0 Å². The SMILES string of the molecule is CC=C[C@H](c1ccc(C(F)(F)F)cc1)[C@@H](C(=O)OC)C(=O)OC(C)(C)C. The molecule has 0 aliphatic rings. The lowest BCUT2D eigenvalue weighted by atomic mass is 9.85. The lowest BCUT2D eigenvalue weighted by Gasteiger charge is -2.26. The highest BCUT2D eigenvalue weighted by molar-refractivity contribution is 5.96. The van der Waals surface area contributed by atoms with E-state index in [0.29, 0.717) is 5.56 Å². The molecule has 1 rings (SSSR count). The molecule has 0 amide bonds. The Balaban J connectivity index is 3.32. The molecule has 0 aliphatic carbocycles. The molecule has 1 aromatic rings. The summed E-state index contributed by atoms with van der Waals surface area (Å²) in [5.74, 6) is -3.76. The minimum absolute atomic E-state index is 0.373. The Kier molecular flexibility index (Phi) is 7.00. The molecule has 0 aromatic heterocycles. The van der Waals surface area contributed by atoms with Crippen LogP contribution in [0.2, 0.25) is 0 Å². The lowest BCUT2D eigenvalue weighted by molar-refractivity contribution is -0.168. The highest BCUT2D eigenvalue weighted by Crippen LogP contribution is 2.33. The van der Waals surface area contributed by atoms with Gasteiger partial charge in [-0.05, 0) is 45.4 Å². The summed E-state index contributed by atoms with van der Waals surface area (Å²) in [5, 5.41) is 0. The highest BCUT2D eigenvalue weighted by atomic mass is 19.4. The molecular weight excluding hydrogens is 349 g/mol. The van der Waals surface area contributed by atoms with Gasteiger partial charge in [-0.2, -0.15) is 13.2 Å². The van der Waals surface area contributed by atoms with E-state index >= 15 is 0 Å². The predicted molar refractivity (Wildman–Crippen MR) is 90.4 cm³/mol. The first-order chi connectivity index (χ1) is 11.9. The van der Waals surface area contributed by atoms with Gasteiger partial charge in [0.05, 0.1) is 12.7 Å². The van der Waals surface area contributed by atoms with E-state index in [4.69, 9.17) is 9.47 Å². The van der Waals surface area contributed by atoms with Crippen LogP contribution >= 0.6 is 0 Å². The first-order valence-electron chi connectivity index (χ1n) is 8.01. The molecule has 0 fully saturated rings. The van der Waals surface area contributed by atoms with Crippen LogP contribution in [-0.4, -0.2) is 24.6 Å². The minimum Gasteiger partial charge on any atom is -0.468 e. The Morgan fingerprint density at radius 1 is 1.04 bits per heavy atom. The molecule has 0 N–H and O–H groups in total. The number of carbonyl (C=O) groups is 2. The molecule has 4 nitrogen and oxygen atoms in total. The highest BCUT2D eigenvalue weighted by Gasteiger charge is 2.39. The molecule has 0 radical (unpaired) electrons. The van der Waals surface area contributed by atoms with E-state index in [-0.39, 0.29) is 0 Å². The molecule has 0 saturated heterocycles. The van der Waals surface area contributed by atoms with Gasteiger partial charge >= 0.3 is 18.1 Å². The maximum Gasteiger partial charge on any atom is 0.416 e. The monoisotopic (exact) mass is 372 g/mol. The summed E-state index contributed by atoms with van der Waals surface area (Å²) < 4.78 is 48.3. The molecule has 2 atom stereocenters. The Morgan fingerprint density at radius 3 is 1.96 bits per heavy atom. The number of halogens is 3. The van der Waals surface area contributed by atoms with Crippen LogP contribution in [0.5, 0.6) is 0 Å². The van der Waals surface area contributed by atoms with Crippen LogP contribution in [0.15, 0.2) is 36.4 Å². The molecule has 26 heavy (non-hydrogen) atoms. The summed E-state index contributed by atoms with van der Waals surface area (Å²) >= 11 is 0. The molecule has 0 spiro atoms. The minimum atomic E-state index is -4.47. The van der Waals surface area contributed by atoms with Crippen LogP contribution in [0, 0.1) is 5.92 Å². The lowest BCUT2D eigenvalue weighted by Crippen LogP contribution is -2.36. The summed E-state index contributed by atoms with van der Waals surface area (Å²) in [4.78, 5) is 24.8. The Morgan fingerprint density at radius 2 is 1.58 bits per heavy atom. The van der Waals surface area contributed by atoms with Gasteiger partial charge in [0.1, 0.15) is 5.60 Å². The third kappa shape index (κ3) is 5.89. The number of benzene rings is 1. The quantitative estimate of drug-likeness (QED) is 0.434. The zero-order chi connectivity index (χ0) is 20.1.